The lowest BCUT2D eigenvalue weighted by atomic mass is 9.95. The highest BCUT2D eigenvalue weighted by molar-refractivity contribution is 14.1. The highest BCUT2D eigenvalue weighted by Gasteiger charge is 2.33. The monoisotopic (exact) mass is 292 g/mol. The molecular weight excluding hydrogens is 279 g/mol. The van der Waals surface area contributed by atoms with E-state index in [0.29, 0.717) is 0 Å². The molecule has 0 amide bonds. The largest absolute Gasteiger partial charge is 0.457 e. The predicted molar refractivity (Wildman–Crippen MR) is 60.9 cm³/mol. The molecule has 0 radical (unpaired) electrons. The molecule has 13 heavy (non-hydrogen) atoms. The summed E-state index contributed by atoms with van der Waals surface area (Å²) in [4.78, 5) is 10.8. The molecule has 0 aliphatic heterocycles. The molecule has 0 saturated carbocycles. The van der Waals surface area contributed by atoms with Crippen molar-refractivity contribution in [3.8, 4) is 0 Å². The Morgan fingerprint density at radius 1 is 1.62 bits per heavy atom. The molecule has 2 nitrogen and oxygen atoms in total. The molecule has 0 N–H and O–H groups in total. The van der Waals surface area contributed by atoms with E-state index in [2.05, 4.69) is 35.6 Å². The number of hydrogen-bond acceptors (Lipinski definition) is 2. The van der Waals surface area contributed by atoms with Gasteiger partial charge in [0.2, 0.25) is 0 Å². The number of carbonyl (C=O) groups is 1. The molecule has 1 rings (SSSR count). The van der Waals surface area contributed by atoms with Crippen molar-refractivity contribution in [1.29, 1.82) is 0 Å². The van der Waals surface area contributed by atoms with Crippen LogP contribution in [0, 0.1) is 0 Å². The molecule has 0 spiro atoms. The molecule has 72 valence electrons. The van der Waals surface area contributed by atoms with Gasteiger partial charge in [0.1, 0.15) is 6.10 Å². The molecule has 2 unspecified atom stereocenters. The van der Waals surface area contributed by atoms with Gasteiger partial charge in [-0.1, -0.05) is 47.7 Å². The van der Waals surface area contributed by atoms with Crippen molar-refractivity contribution < 1.29 is 9.53 Å². The van der Waals surface area contributed by atoms with E-state index in [-0.39, 0.29) is 15.5 Å². The molecule has 0 aromatic carbocycles. The topological polar surface area (TPSA) is 26.3 Å². The molecule has 1 aliphatic rings. The molecule has 0 aromatic heterocycles. The predicted octanol–water partition coefficient (Wildman–Crippen LogP) is 2.63. The Hall–Kier alpha value is -0.320. The summed E-state index contributed by atoms with van der Waals surface area (Å²) in [5.41, 5.74) is 0. The van der Waals surface area contributed by atoms with Crippen LogP contribution >= 0.6 is 22.6 Å². The molecule has 0 fully saturated rings. The zero-order valence-corrected chi connectivity index (χ0v) is 9.95. The highest BCUT2D eigenvalue weighted by atomic mass is 127. The fourth-order valence-electron chi connectivity index (χ4n) is 1.27. The van der Waals surface area contributed by atoms with Crippen molar-refractivity contribution in [2.24, 2.45) is 0 Å². The smallest absolute Gasteiger partial charge is 0.303 e. The van der Waals surface area contributed by atoms with Crippen molar-refractivity contribution in [1.82, 2.24) is 0 Å². The SMILES string of the molecule is CCC1(I)C=CC=CC1OC(C)=O. The van der Waals surface area contributed by atoms with Crippen molar-refractivity contribution in [3.05, 3.63) is 24.3 Å². The summed E-state index contributed by atoms with van der Waals surface area (Å²) in [5, 5.41) is 0. The quantitative estimate of drug-likeness (QED) is 0.444. The first-order valence-corrected chi connectivity index (χ1v) is 5.38. The molecule has 0 heterocycles. The zero-order chi connectivity index (χ0) is 9.90. The Bertz CT molecular complexity index is 258. The molecule has 0 saturated heterocycles. The molecular formula is C10H13IO2. The second-order valence-electron chi connectivity index (χ2n) is 3.05. The van der Waals surface area contributed by atoms with Crippen LogP contribution in [0.1, 0.15) is 20.3 Å². The number of esters is 1. The van der Waals surface area contributed by atoms with E-state index >= 15 is 0 Å². The minimum Gasteiger partial charge on any atom is -0.457 e. The third-order valence-corrected chi connectivity index (χ3v) is 3.81. The van der Waals surface area contributed by atoms with Crippen LogP contribution in [0.2, 0.25) is 0 Å². The minimum absolute atomic E-state index is 0.0713. The summed E-state index contributed by atoms with van der Waals surface area (Å²) in [7, 11) is 0. The van der Waals surface area contributed by atoms with Gasteiger partial charge in [0.05, 0.1) is 3.42 Å². The summed E-state index contributed by atoms with van der Waals surface area (Å²) >= 11 is 2.33. The number of hydrogen-bond donors (Lipinski definition) is 0. The summed E-state index contributed by atoms with van der Waals surface area (Å²) in [6.45, 7) is 3.53. The van der Waals surface area contributed by atoms with Gasteiger partial charge >= 0.3 is 5.97 Å². The third kappa shape index (κ3) is 2.56. The Labute approximate surface area is 92.2 Å². The van der Waals surface area contributed by atoms with Crippen molar-refractivity contribution >= 4 is 28.6 Å². The Morgan fingerprint density at radius 3 is 2.85 bits per heavy atom. The average molecular weight is 292 g/mol. The van der Waals surface area contributed by atoms with E-state index < -0.39 is 0 Å². The second-order valence-corrected chi connectivity index (χ2v) is 5.06. The Kier molecular flexibility index (Phi) is 3.53. The summed E-state index contributed by atoms with van der Waals surface area (Å²) < 4.78 is 5.14. The normalized spacial score (nSPS) is 31.8. The molecule has 3 heteroatoms. The average Bonchev–Trinajstić information content (AvgIpc) is 2.09. The van der Waals surface area contributed by atoms with Crippen molar-refractivity contribution in [3.63, 3.8) is 0 Å². The van der Waals surface area contributed by atoms with Gasteiger partial charge in [0.15, 0.2) is 0 Å². The first kappa shape index (κ1) is 10.8. The van der Waals surface area contributed by atoms with Crippen LogP contribution in [-0.4, -0.2) is 15.5 Å². The Balaban J connectivity index is 2.76. The molecule has 0 aromatic rings. The lowest BCUT2D eigenvalue weighted by Gasteiger charge is -2.31. The van der Waals surface area contributed by atoms with Crippen LogP contribution in [-0.2, 0) is 9.53 Å². The fraction of sp³-hybridized carbons (Fsp3) is 0.500. The fourth-order valence-corrected chi connectivity index (χ4v) is 1.81. The van der Waals surface area contributed by atoms with Gasteiger partial charge < -0.3 is 4.74 Å². The van der Waals surface area contributed by atoms with E-state index in [1.807, 2.05) is 18.2 Å². The van der Waals surface area contributed by atoms with E-state index in [1.54, 1.807) is 0 Å². The summed E-state index contributed by atoms with van der Waals surface area (Å²) in [6.07, 6.45) is 8.75. The van der Waals surface area contributed by atoms with E-state index in [9.17, 15) is 4.79 Å². The highest BCUT2D eigenvalue weighted by Crippen LogP contribution is 2.34. The van der Waals surface area contributed by atoms with Gasteiger partial charge in [0.25, 0.3) is 0 Å². The summed E-state index contributed by atoms with van der Waals surface area (Å²) in [6, 6.07) is 0. The van der Waals surface area contributed by atoms with Gasteiger partial charge in [-0.15, -0.1) is 0 Å². The maximum Gasteiger partial charge on any atom is 0.303 e. The van der Waals surface area contributed by atoms with Crippen LogP contribution in [0.3, 0.4) is 0 Å². The van der Waals surface area contributed by atoms with E-state index in [4.69, 9.17) is 4.74 Å². The summed E-state index contributed by atoms with van der Waals surface area (Å²) in [5.74, 6) is -0.223. The van der Waals surface area contributed by atoms with Gasteiger partial charge in [-0.25, -0.2) is 0 Å². The lowest BCUT2D eigenvalue weighted by molar-refractivity contribution is -0.144. The first-order chi connectivity index (χ1) is 6.08. The lowest BCUT2D eigenvalue weighted by Crippen LogP contribution is -2.36. The first-order valence-electron chi connectivity index (χ1n) is 4.30. The van der Waals surface area contributed by atoms with Gasteiger partial charge in [-0.05, 0) is 12.5 Å². The van der Waals surface area contributed by atoms with Crippen LogP contribution < -0.4 is 0 Å². The van der Waals surface area contributed by atoms with Crippen LogP contribution in [0.15, 0.2) is 24.3 Å². The second kappa shape index (κ2) is 4.26. The standard InChI is InChI=1S/C10H13IO2/c1-3-10(11)7-5-4-6-9(10)13-8(2)12/h4-7,9H,3H2,1-2H3. The number of allylic oxidation sites excluding steroid dienone is 2. The van der Waals surface area contributed by atoms with Crippen molar-refractivity contribution in [2.45, 2.75) is 29.8 Å². The van der Waals surface area contributed by atoms with Gasteiger partial charge in [-0.3, -0.25) is 4.79 Å². The number of halogens is 1. The van der Waals surface area contributed by atoms with Gasteiger partial charge in [0, 0.05) is 6.92 Å². The van der Waals surface area contributed by atoms with Crippen LogP contribution in [0.5, 0.6) is 0 Å². The van der Waals surface area contributed by atoms with E-state index in [1.165, 1.54) is 6.92 Å². The van der Waals surface area contributed by atoms with Crippen LogP contribution in [0.25, 0.3) is 0 Å². The zero-order valence-electron chi connectivity index (χ0n) is 7.79. The Morgan fingerprint density at radius 2 is 2.31 bits per heavy atom. The van der Waals surface area contributed by atoms with Gasteiger partial charge in [-0.2, -0.15) is 0 Å². The number of ether oxygens (including phenoxy) is 1. The minimum atomic E-state index is -0.223. The van der Waals surface area contributed by atoms with Crippen molar-refractivity contribution in [2.75, 3.05) is 0 Å². The third-order valence-electron chi connectivity index (χ3n) is 2.08. The molecule has 0 bridgehead atoms. The molecule has 2 atom stereocenters. The number of alkyl halides is 1. The molecule has 1 aliphatic carbocycles. The number of carbonyl (C=O) groups excluding carboxylic acids is 1. The maximum absolute atomic E-state index is 10.8. The number of rotatable bonds is 2. The maximum atomic E-state index is 10.8. The van der Waals surface area contributed by atoms with Crippen LogP contribution in [0.4, 0.5) is 0 Å². The van der Waals surface area contributed by atoms with E-state index in [0.717, 1.165) is 6.42 Å².